The third-order valence-corrected chi connectivity index (χ3v) is 4.72. The summed E-state index contributed by atoms with van der Waals surface area (Å²) in [6.07, 6.45) is 0. The van der Waals surface area contributed by atoms with Gasteiger partial charge in [-0.3, -0.25) is 10.1 Å². The Morgan fingerprint density at radius 3 is 2.89 bits per heavy atom. The number of rotatable bonds is 6. The summed E-state index contributed by atoms with van der Waals surface area (Å²) in [5.41, 5.74) is -0.0606. The lowest BCUT2D eigenvalue weighted by Crippen LogP contribution is -2.34. The highest BCUT2D eigenvalue weighted by molar-refractivity contribution is 7.13. The summed E-state index contributed by atoms with van der Waals surface area (Å²) in [4.78, 5) is 11.1. The van der Waals surface area contributed by atoms with Gasteiger partial charge in [-0.25, -0.2) is 0 Å². The van der Waals surface area contributed by atoms with Crippen molar-refractivity contribution in [3.05, 3.63) is 49.5 Å². The molecule has 0 saturated heterocycles. The molecule has 0 bridgehead atoms. The van der Waals surface area contributed by atoms with Gasteiger partial charge in [0, 0.05) is 29.4 Å². The molecule has 2 rings (SSSR count). The van der Waals surface area contributed by atoms with Gasteiger partial charge >= 0.3 is 5.00 Å². The Balaban J connectivity index is 1.87. The van der Waals surface area contributed by atoms with Gasteiger partial charge in [-0.2, -0.15) is 0 Å². The first-order valence-electron chi connectivity index (χ1n) is 5.68. The molecule has 0 aliphatic rings. The molecule has 1 unspecified atom stereocenters. The maximum atomic E-state index is 10.6. The highest BCUT2D eigenvalue weighted by atomic mass is 32.1. The molecule has 0 aromatic carbocycles. The van der Waals surface area contributed by atoms with Gasteiger partial charge in [0.25, 0.3) is 0 Å². The van der Waals surface area contributed by atoms with Crippen LogP contribution in [0.3, 0.4) is 0 Å². The van der Waals surface area contributed by atoms with E-state index < -0.39 is 10.5 Å². The van der Waals surface area contributed by atoms with Crippen LogP contribution in [0.2, 0.25) is 0 Å². The van der Waals surface area contributed by atoms with Crippen LogP contribution in [0.1, 0.15) is 17.4 Å². The van der Waals surface area contributed by atoms with Crippen LogP contribution in [0, 0.1) is 10.1 Å². The summed E-state index contributed by atoms with van der Waals surface area (Å²) in [6, 6.07) is 5.34. The van der Waals surface area contributed by atoms with E-state index in [0.717, 1.165) is 21.8 Å². The highest BCUT2D eigenvalue weighted by Crippen LogP contribution is 2.25. The molecular weight excluding hydrogens is 284 g/mol. The summed E-state index contributed by atoms with van der Waals surface area (Å²) in [5.74, 6) is 0. The zero-order valence-corrected chi connectivity index (χ0v) is 12.0. The molecule has 2 N–H and O–H groups in total. The number of hydrogen-bond acceptors (Lipinski definition) is 6. The predicted octanol–water partition coefficient (Wildman–Crippen LogP) is 2.72. The normalized spacial score (nSPS) is 14.2. The van der Waals surface area contributed by atoms with Gasteiger partial charge in [0.2, 0.25) is 0 Å². The molecule has 0 amide bonds. The molecule has 19 heavy (non-hydrogen) atoms. The van der Waals surface area contributed by atoms with Gasteiger partial charge in [0.15, 0.2) is 0 Å². The van der Waals surface area contributed by atoms with Gasteiger partial charge in [-0.15, -0.1) is 11.3 Å². The number of aliphatic hydroxyl groups is 1. The first-order valence-corrected chi connectivity index (χ1v) is 7.44. The largest absolute Gasteiger partial charge is 0.383 e. The second-order valence-corrected chi connectivity index (χ2v) is 6.24. The molecule has 0 aliphatic heterocycles. The van der Waals surface area contributed by atoms with E-state index in [1.807, 2.05) is 17.5 Å². The maximum absolute atomic E-state index is 10.6. The second-order valence-electron chi connectivity index (χ2n) is 4.41. The van der Waals surface area contributed by atoms with E-state index in [9.17, 15) is 15.2 Å². The number of thiophene rings is 2. The molecule has 5 nitrogen and oxygen atoms in total. The molecule has 102 valence electrons. The van der Waals surface area contributed by atoms with Crippen molar-refractivity contribution in [1.29, 1.82) is 0 Å². The molecule has 0 saturated carbocycles. The predicted molar refractivity (Wildman–Crippen MR) is 76.6 cm³/mol. The maximum Gasteiger partial charge on any atom is 0.324 e. The summed E-state index contributed by atoms with van der Waals surface area (Å²) < 4.78 is 0. The Morgan fingerprint density at radius 1 is 1.53 bits per heavy atom. The van der Waals surface area contributed by atoms with Crippen LogP contribution in [0.5, 0.6) is 0 Å². The number of hydrogen-bond donors (Lipinski definition) is 2. The Morgan fingerprint density at radius 2 is 2.32 bits per heavy atom. The van der Waals surface area contributed by atoms with Crippen molar-refractivity contribution in [2.45, 2.75) is 19.1 Å². The van der Waals surface area contributed by atoms with Crippen LogP contribution in [0.15, 0.2) is 29.0 Å². The van der Waals surface area contributed by atoms with Crippen molar-refractivity contribution in [3.8, 4) is 0 Å². The van der Waals surface area contributed by atoms with Crippen LogP contribution in [0.25, 0.3) is 0 Å². The molecule has 1 atom stereocenters. The first kappa shape index (κ1) is 14.1. The quantitative estimate of drug-likeness (QED) is 0.635. The smallest absolute Gasteiger partial charge is 0.324 e. The minimum atomic E-state index is -0.921. The Bertz CT molecular complexity index is 549. The fourth-order valence-corrected chi connectivity index (χ4v) is 3.19. The zero-order chi connectivity index (χ0) is 13.9. The summed E-state index contributed by atoms with van der Waals surface area (Å²) in [5, 5.41) is 27.8. The molecule has 2 aromatic rings. The Hall–Kier alpha value is -1.28. The number of nitro groups is 1. The summed E-state index contributed by atoms with van der Waals surface area (Å²) >= 11 is 2.62. The van der Waals surface area contributed by atoms with Crippen LogP contribution in [-0.4, -0.2) is 16.6 Å². The monoisotopic (exact) mass is 298 g/mol. The van der Waals surface area contributed by atoms with Crippen molar-refractivity contribution in [2.75, 3.05) is 6.54 Å². The van der Waals surface area contributed by atoms with E-state index in [1.165, 1.54) is 11.3 Å². The molecule has 0 aliphatic carbocycles. The standard InChI is InChI=1S/C12H14N2O3S2/c1-12(15,10-3-2-4-18-10)8-13-6-9-5-11(14(16)17)19-7-9/h2-5,7,13,15H,6,8H2,1H3. The molecule has 2 aromatic heterocycles. The lowest BCUT2D eigenvalue weighted by molar-refractivity contribution is -0.380. The van der Waals surface area contributed by atoms with Crippen LogP contribution in [0.4, 0.5) is 5.00 Å². The van der Waals surface area contributed by atoms with E-state index in [-0.39, 0.29) is 5.00 Å². The van der Waals surface area contributed by atoms with Crippen molar-refractivity contribution < 1.29 is 10.0 Å². The molecular formula is C12H14N2O3S2. The molecule has 0 spiro atoms. The topological polar surface area (TPSA) is 75.4 Å². The van der Waals surface area contributed by atoms with E-state index >= 15 is 0 Å². The van der Waals surface area contributed by atoms with Gasteiger partial charge in [-0.1, -0.05) is 17.4 Å². The molecule has 0 fully saturated rings. The second kappa shape index (κ2) is 5.79. The Kier molecular flexibility index (Phi) is 4.31. The average molecular weight is 298 g/mol. The van der Waals surface area contributed by atoms with Crippen molar-refractivity contribution >= 4 is 27.7 Å². The van der Waals surface area contributed by atoms with E-state index in [4.69, 9.17) is 0 Å². The first-order chi connectivity index (χ1) is 8.99. The zero-order valence-electron chi connectivity index (χ0n) is 10.3. The molecule has 7 heteroatoms. The summed E-state index contributed by atoms with van der Waals surface area (Å²) in [7, 11) is 0. The van der Waals surface area contributed by atoms with Crippen LogP contribution >= 0.6 is 22.7 Å². The van der Waals surface area contributed by atoms with Gasteiger partial charge < -0.3 is 10.4 Å². The minimum Gasteiger partial charge on any atom is -0.383 e. The minimum absolute atomic E-state index is 0.141. The number of nitrogens with one attached hydrogen (secondary N) is 1. The van der Waals surface area contributed by atoms with E-state index in [0.29, 0.717) is 13.1 Å². The van der Waals surface area contributed by atoms with Crippen LogP contribution < -0.4 is 5.32 Å². The number of nitrogens with zero attached hydrogens (tertiary/aromatic N) is 1. The Labute approximate surface area is 118 Å². The van der Waals surface area contributed by atoms with Crippen molar-refractivity contribution in [1.82, 2.24) is 5.32 Å². The highest BCUT2D eigenvalue weighted by Gasteiger charge is 2.23. The van der Waals surface area contributed by atoms with Crippen LogP contribution in [-0.2, 0) is 12.1 Å². The van der Waals surface area contributed by atoms with Gasteiger partial charge in [0.1, 0.15) is 5.60 Å². The lowest BCUT2D eigenvalue weighted by atomic mass is 10.1. The molecule has 0 radical (unpaired) electrons. The average Bonchev–Trinajstić information content (AvgIpc) is 3.00. The van der Waals surface area contributed by atoms with E-state index in [1.54, 1.807) is 18.4 Å². The summed E-state index contributed by atoms with van der Waals surface area (Å²) in [6.45, 7) is 2.66. The van der Waals surface area contributed by atoms with Crippen molar-refractivity contribution in [2.24, 2.45) is 0 Å². The lowest BCUT2D eigenvalue weighted by Gasteiger charge is -2.22. The SMILES string of the molecule is CC(O)(CNCc1csc([N+](=O)[O-])c1)c1cccs1. The van der Waals surface area contributed by atoms with Gasteiger partial charge in [-0.05, 0) is 23.9 Å². The third-order valence-electron chi connectivity index (χ3n) is 2.67. The van der Waals surface area contributed by atoms with Gasteiger partial charge in [0.05, 0.1) is 4.92 Å². The fraction of sp³-hybridized carbons (Fsp3) is 0.333. The third kappa shape index (κ3) is 3.60. The fourth-order valence-electron chi connectivity index (χ4n) is 1.67. The van der Waals surface area contributed by atoms with E-state index in [2.05, 4.69) is 5.32 Å². The molecule has 2 heterocycles. The van der Waals surface area contributed by atoms with Crippen molar-refractivity contribution in [3.63, 3.8) is 0 Å².